The number of amides is 1. The molecular weight excluding hydrogens is 362 g/mol. The Morgan fingerprint density at radius 3 is 2.41 bits per heavy atom. The van der Waals surface area contributed by atoms with Crippen molar-refractivity contribution in [1.29, 1.82) is 0 Å². The molecule has 0 aliphatic carbocycles. The van der Waals surface area contributed by atoms with Crippen LogP contribution in [0.15, 0.2) is 27.8 Å². The smallest absolute Gasteiger partial charge is 0.234 e. The molecule has 1 aromatic carbocycles. The van der Waals surface area contributed by atoms with E-state index in [1.807, 2.05) is 45.9 Å². The molecule has 0 aliphatic heterocycles. The van der Waals surface area contributed by atoms with E-state index in [2.05, 4.69) is 31.2 Å². The van der Waals surface area contributed by atoms with Gasteiger partial charge in [0.1, 0.15) is 0 Å². The van der Waals surface area contributed by atoms with E-state index < -0.39 is 0 Å². The Balaban J connectivity index is 1.96. The zero-order valence-electron chi connectivity index (χ0n) is 13.0. The third-order valence-electron chi connectivity index (χ3n) is 3.40. The molecule has 0 fully saturated rings. The van der Waals surface area contributed by atoms with Gasteiger partial charge in [-0.25, -0.2) is 9.97 Å². The van der Waals surface area contributed by atoms with E-state index >= 15 is 0 Å². The zero-order valence-corrected chi connectivity index (χ0v) is 15.4. The van der Waals surface area contributed by atoms with Crippen LogP contribution in [-0.4, -0.2) is 21.6 Å². The van der Waals surface area contributed by atoms with E-state index in [0.29, 0.717) is 5.16 Å². The normalized spacial score (nSPS) is 10.6. The maximum absolute atomic E-state index is 12.0. The zero-order chi connectivity index (χ0) is 16.3. The number of anilines is 1. The molecule has 6 heteroatoms. The van der Waals surface area contributed by atoms with Crippen LogP contribution in [0.5, 0.6) is 0 Å². The standard InChI is InChI=1S/C16H18BrN3OS/c1-9-5-6-13(7-14(9)17)20-15(21)8-22-16-18-11(3)10(2)12(4)19-16/h5-7H,8H2,1-4H3,(H,20,21). The summed E-state index contributed by atoms with van der Waals surface area (Å²) in [6.45, 7) is 7.92. The Hall–Kier alpha value is -1.40. The summed E-state index contributed by atoms with van der Waals surface area (Å²) in [6.07, 6.45) is 0. The summed E-state index contributed by atoms with van der Waals surface area (Å²) in [5.41, 5.74) is 4.92. The molecule has 2 rings (SSSR count). The highest BCUT2D eigenvalue weighted by atomic mass is 79.9. The first-order valence-corrected chi connectivity index (χ1v) is 8.65. The van der Waals surface area contributed by atoms with Crippen molar-refractivity contribution in [2.45, 2.75) is 32.9 Å². The van der Waals surface area contributed by atoms with Crippen LogP contribution >= 0.6 is 27.7 Å². The second kappa shape index (κ2) is 7.24. The van der Waals surface area contributed by atoms with Crippen LogP contribution in [0.4, 0.5) is 5.69 Å². The number of carbonyl (C=O) groups excluding carboxylic acids is 1. The van der Waals surface area contributed by atoms with Gasteiger partial charge in [-0.2, -0.15) is 0 Å². The van der Waals surface area contributed by atoms with Crippen molar-refractivity contribution < 1.29 is 4.79 Å². The molecule has 0 aliphatic rings. The average Bonchev–Trinajstić information content (AvgIpc) is 2.46. The van der Waals surface area contributed by atoms with Crippen LogP contribution in [0.1, 0.15) is 22.5 Å². The number of halogens is 1. The topological polar surface area (TPSA) is 54.9 Å². The molecule has 1 N–H and O–H groups in total. The van der Waals surface area contributed by atoms with Gasteiger partial charge in [0.2, 0.25) is 5.91 Å². The predicted octanol–water partition coefficient (Wildman–Crippen LogP) is 4.20. The Morgan fingerprint density at radius 1 is 1.18 bits per heavy atom. The van der Waals surface area contributed by atoms with Gasteiger partial charge in [0.25, 0.3) is 0 Å². The van der Waals surface area contributed by atoms with Crippen molar-refractivity contribution in [2.24, 2.45) is 0 Å². The monoisotopic (exact) mass is 379 g/mol. The number of hydrogen-bond donors (Lipinski definition) is 1. The summed E-state index contributed by atoms with van der Waals surface area (Å²) in [4.78, 5) is 20.8. The van der Waals surface area contributed by atoms with Crippen LogP contribution in [0, 0.1) is 27.7 Å². The number of carbonyl (C=O) groups is 1. The van der Waals surface area contributed by atoms with Crippen molar-refractivity contribution in [2.75, 3.05) is 11.1 Å². The van der Waals surface area contributed by atoms with Crippen molar-refractivity contribution in [3.05, 3.63) is 45.2 Å². The number of aromatic nitrogens is 2. The van der Waals surface area contributed by atoms with Gasteiger partial charge in [-0.05, 0) is 51.0 Å². The van der Waals surface area contributed by atoms with E-state index in [1.54, 1.807) is 0 Å². The lowest BCUT2D eigenvalue weighted by Gasteiger charge is -2.08. The maximum Gasteiger partial charge on any atom is 0.234 e. The molecule has 1 amide bonds. The summed E-state index contributed by atoms with van der Waals surface area (Å²) in [7, 11) is 0. The molecule has 22 heavy (non-hydrogen) atoms. The Kier molecular flexibility index (Phi) is 5.58. The predicted molar refractivity (Wildman–Crippen MR) is 94.5 cm³/mol. The van der Waals surface area contributed by atoms with Crippen LogP contribution < -0.4 is 5.32 Å². The third kappa shape index (κ3) is 4.30. The van der Waals surface area contributed by atoms with Crippen molar-refractivity contribution in [1.82, 2.24) is 9.97 Å². The highest BCUT2D eigenvalue weighted by Crippen LogP contribution is 2.21. The van der Waals surface area contributed by atoms with E-state index in [9.17, 15) is 4.79 Å². The van der Waals surface area contributed by atoms with Crippen LogP contribution in [0.3, 0.4) is 0 Å². The SMILES string of the molecule is Cc1ccc(NC(=O)CSc2nc(C)c(C)c(C)n2)cc1Br. The number of hydrogen-bond acceptors (Lipinski definition) is 4. The molecule has 4 nitrogen and oxygen atoms in total. The van der Waals surface area contributed by atoms with Gasteiger partial charge >= 0.3 is 0 Å². The Morgan fingerprint density at radius 2 is 1.82 bits per heavy atom. The van der Waals surface area contributed by atoms with Crippen LogP contribution in [0.25, 0.3) is 0 Å². The molecule has 0 saturated carbocycles. The molecule has 1 heterocycles. The maximum atomic E-state index is 12.0. The highest BCUT2D eigenvalue weighted by Gasteiger charge is 2.09. The average molecular weight is 380 g/mol. The van der Waals surface area contributed by atoms with Gasteiger partial charge in [0.15, 0.2) is 5.16 Å². The molecule has 2 aromatic rings. The third-order valence-corrected chi connectivity index (χ3v) is 5.10. The first-order chi connectivity index (χ1) is 10.4. The van der Waals surface area contributed by atoms with Crippen molar-refractivity contribution in [3.63, 3.8) is 0 Å². The fourth-order valence-corrected chi connectivity index (χ4v) is 2.92. The molecule has 0 spiro atoms. The minimum Gasteiger partial charge on any atom is -0.325 e. The van der Waals surface area contributed by atoms with E-state index in [0.717, 1.165) is 32.7 Å². The number of thioether (sulfide) groups is 1. The number of rotatable bonds is 4. The first-order valence-electron chi connectivity index (χ1n) is 6.87. The highest BCUT2D eigenvalue weighted by molar-refractivity contribution is 9.10. The summed E-state index contributed by atoms with van der Waals surface area (Å²) >= 11 is 4.80. The summed E-state index contributed by atoms with van der Waals surface area (Å²) in [5.74, 6) is 0.216. The lowest BCUT2D eigenvalue weighted by molar-refractivity contribution is -0.113. The molecule has 116 valence electrons. The number of nitrogens with zero attached hydrogens (tertiary/aromatic N) is 2. The second-order valence-corrected chi connectivity index (χ2v) is 6.90. The molecule has 1 aromatic heterocycles. The van der Waals surface area contributed by atoms with Gasteiger partial charge in [0, 0.05) is 21.5 Å². The van der Waals surface area contributed by atoms with Gasteiger partial charge < -0.3 is 5.32 Å². The minimum absolute atomic E-state index is 0.0692. The van der Waals surface area contributed by atoms with Crippen LogP contribution in [0.2, 0.25) is 0 Å². The Bertz CT molecular complexity index is 696. The molecule has 0 saturated heterocycles. The molecule has 0 bridgehead atoms. The van der Waals surface area contributed by atoms with E-state index in [-0.39, 0.29) is 11.7 Å². The number of benzene rings is 1. The molecular formula is C16H18BrN3OS. The summed E-state index contributed by atoms with van der Waals surface area (Å²) in [5, 5.41) is 3.52. The van der Waals surface area contributed by atoms with Gasteiger partial charge in [-0.3, -0.25) is 4.79 Å². The first kappa shape index (κ1) is 17.0. The fourth-order valence-electron chi connectivity index (χ4n) is 1.80. The van der Waals surface area contributed by atoms with Crippen molar-refractivity contribution in [3.8, 4) is 0 Å². The van der Waals surface area contributed by atoms with Gasteiger partial charge in [0.05, 0.1) is 5.75 Å². The number of nitrogens with one attached hydrogen (secondary N) is 1. The molecule has 0 unspecified atom stereocenters. The van der Waals surface area contributed by atoms with Crippen LogP contribution in [-0.2, 0) is 4.79 Å². The van der Waals surface area contributed by atoms with E-state index in [4.69, 9.17) is 0 Å². The Labute approximate surface area is 143 Å². The van der Waals surface area contributed by atoms with Gasteiger partial charge in [-0.1, -0.05) is 33.8 Å². The number of aryl methyl sites for hydroxylation is 3. The lowest BCUT2D eigenvalue weighted by atomic mass is 10.2. The second-order valence-electron chi connectivity index (χ2n) is 5.10. The quantitative estimate of drug-likeness (QED) is 0.638. The minimum atomic E-state index is -0.0692. The van der Waals surface area contributed by atoms with E-state index in [1.165, 1.54) is 11.8 Å². The summed E-state index contributed by atoms with van der Waals surface area (Å²) in [6, 6.07) is 5.75. The van der Waals surface area contributed by atoms with Crippen molar-refractivity contribution >= 4 is 39.3 Å². The molecule has 0 atom stereocenters. The fraction of sp³-hybridized carbons (Fsp3) is 0.312. The van der Waals surface area contributed by atoms with Gasteiger partial charge in [-0.15, -0.1) is 0 Å². The summed E-state index contributed by atoms with van der Waals surface area (Å²) < 4.78 is 0.978. The largest absolute Gasteiger partial charge is 0.325 e. The molecule has 0 radical (unpaired) electrons. The lowest BCUT2D eigenvalue weighted by Crippen LogP contribution is -2.14.